The van der Waals surface area contributed by atoms with Gasteiger partial charge in [0.15, 0.2) is 0 Å². The number of hydrogen-bond acceptors (Lipinski definition) is 3. The molecule has 5 nitrogen and oxygen atoms in total. The average molecular weight is 495 g/mol. The van der Waals surface area contributed by atoms with Gasteiger partial charge in [-0.2, -0.15) is 0 Å². The third kappa shape index (κ3) is 5.30. The van der Waals surface area contributed by atoms with Crippen molar-refractivity contribution in [1.29, 1.82) is 0 Å². The molecule has 1 fully saturated rings. The number of amides is 1. The number of rotatable bonds is 6. The van der Waals surface area contributed by atoms with Gasteiger partial charge in [-0.25, -0.2) is 12.7 Å². The molecule has 1 aliphatic carbocycles. The molecule has 0 bridgehead atoms. The van der Waals surface area contributed by atoms with Gasteiger partial charge in [-0.15, -0.1) is 0 Å². The third-order valence-corrected chi connectivity index (χ3v) is 8.86. The van der Waals surface area contributed by atoms with E-state index in [-0.39, 0.29) is 30.2 Å². The molecule has 2 atom stereocenters. The number of benzene rings is 2. The number of hydrogen-bond donors (Lipinski definition) is 1. The molecule has 1 aliphatic heterocycles. The lowest BCUT2D eigenvalue weighted by atomic mass is 9.97. The Morgan fingerprint density at radius 1 is 1.12 bits per heavy atom. The molecule has 8 heteroatoms. The Balaban J connectivity index is 1.39. The molecule has 0 saturated carbocycles. The van der Waals surface area contributed by atoms with Gasteiger partial charge in [-0.05, 0) is 73.4 Å². The second-order valence-corrected chi connectivity index (χ2v) is 11.6. The summed E-state index contributed by atoms with van der Waals surface area (Å²) in [5.74, 6) is -0.665. The first kappa shape index (κ1) is 23.6. The van der Waals surface area contributed by atoms with Crippen LogP contribution in [0.5, 0.6) is 0 Å². The molecule has 2 aliphatic rings. The van der Waals surface area contributed by atoms with Crippen LogP contribution in [0.1, 0.15) is 54.5 Å². The molecule has 0 spiro atoms. The summed E-state index contributed by atoms with van der Waals surface area (Å²) in [6, 6.07) is 11.1. The summed E-state index contributed by atoms with van der Waals surface area (Å²) < 4.78 is 27.5. The van der Waals surface area contributed by atoms with Crippen LogP contribution in [0.15, 0.2) is 36.4 Å². The number of carbonyl (C=O) groups excluding carboxylic acids is 1. The molecule has 1 amide bonds. The highest BCUT2D eigenvalue weighted by Gasteiger charge is 2.33. The fraction of sp³-hybridized carbons (Fsp3) is 0.458. The highest BCUT2D eigenvalue weighted by Crippen LogP contribution is 2.28. The van der Waals surface area contributed by atoms with Gasteiger partial charge in [0.1, 0.15) is 0 Å². The van der Waals surface area contributed by atoms with Gasteiger partial charge in [0, 0.05) is 23.1 Å². The van der Waals surface area contributed by atoms with Crippen molar-refractivity contribution >= 4 is 39.1 Å². The van der Waals surface area contributed by atoms with Crippen LogP contribution in [-0.4, -0.2) is 31.7 Å². The second kappa shape index (κ2) is 9.72. The molecule has 2 aromatic rings. The molecule has 1 N–H and O–H groups in total. The fourth-order valence-electron chi connectivity index (χ4n) is 4.61. The number of nitrogens with zero attached hydrogens (tertiary/aromatic N) is 1. The van der Waals surface area contributed by atoms with E-state index in [1.54, 1.807) is 18.2 Å². The van der Waals surface area contributed by atoms with Gasteiger partial charge in [0.2, 0.25) is 15.9 Å². The minimum absolute atomic E-state index is 0.0950. The lowest BCUT2D eigenvalue weighted by Gasteiger charge is -2.32. The fourth-order valence-corrected chi connectivity index (χ4v) is 6.81. The van der Waals surface area contributed by atoms with Gasteiger partial charge in [-0.1, -0.05) is 47.5 Å². The van der Waals surface area contributed by atoms with E-state index < -0.39 is 10.0 Å². The summed E-state index contributed by atoms with van der Waals surface area (Å²) in [5.41, 5.74) is 4.38. The summed E-state index contributed by atoms with van der Waals surface area (Å²) in [6.45, 7) is 2.59. The van der Waals surface area contributed by atoms with Gasteiger partial charge in [0.25, 0.3) is 0 Å². The quantitative estimate of drug-likeness (QED) is 0.620. The maximum absolute atomic E-state index is 13.0. The highest BCUT2D eigenvalue weighted by molar-refractivity contribution is 7.88. The van der Waals surface area contributed by atoms with Crippen LogP contribution in [0.3, 0.4) is 0 Å². The largest absolute Gasteiger partial charge is 0.349 e. The van der Waals surface area contributed by atoms with Crippen LogP contribution in [0, 0.1) is 5.92 Å². The Hall–Kier alpha value is -1.60. The molecular formula is C24H28Cl2N2O3S. The van der Waals surface area contributed by atoms with E-state index in [0.717, 1.165) is 18.4 Å². The lowest BCUT2D eigenvalue weighted by Crippen LogP contribution is -2.46. The van der Waals surface area contributed by atoms with E-state index in [0.29, 0.717) is 35.0 Å². The summed E-state index contributed by atoms with van der Waals surface area (Å²) in [7, 11) is -3.60. The van der Waals surface area contributed by atoms with Crippen LogP contribution in [0.4, 0.5) is 0 Å². The number of aryl methyl sites for hydroxylation is 2. The summed E-state index contributed by atoms with van der Waals surface area (Å²) >= 11 is 12.1. The first-order chi connectivity index (χ1) is 15.2. The molecule has 0 aromatic heterocycles. The molecule has 2 aromatic carbocycles. The topological polar surface area (TPSA) is 66.5 Å². The van der Waals surface area contributed by atoms with Crippen molar-refractivity contribution in [2.45, 2.75) is 50.8 Å². The second-order valence-electron chi connectivity index (χ2n) is 8.80. The van der Waals surface area contributed by atoms with Crippen molar-refractivity contribution in [2.75, 3.05) is 13.1 Å². The molecular weight excluding hydrogens is 467 g/mol. The van der Waals surface area contributed by atoms with Crippen molar-refractivity contribution in [3.63, 3.8) is 0 Å². The summed E-state index contributed by atoms with van der Waals surface area (Å²) in [4.78, 5) is 13.0. The summed E-state index contributed by atoms with van der Waals surface area (Å²) in [5, 5.41) is 3.89. The van der Waals surface area contributed by atoms with Crippen molar-refractivity contribution in [2.24, 2.45) is 5.92 Å². The first-order valence-electron chi connectivity index (χ1n) is 11.1. The molecule has 32 heavy (non-hydrogen) atoms. The highest BCUT2D eigenvalue weighted by atomic mass is 35.5. The Morgan fingerprint density at radius 3 is 2.69 bits per heavy atom. The van der Waals surface area contributed by atoms with Gasteiger partial charge in [-0.3, -0.25) is 4.79 Å². The first-order valence-corrected chi connectivity index (χ1v) is 13.4. The summed E-state index contributed by atoms with van der Waals surface area (Å²) in [6.07, 6.45) is 4.74. The molecule has 0 unspecified atom stereocenters. The predicted molar refractivity (Wildman–Crippen MR) is 128 cm³/mol. The number of fused-ring (bicyclic) bond motifs is 1. The number of piperidine rings is 1. The Morgan fingerprint density at radius 2 is 1.91 bits per heavy atom. The van der Waals surface area contributed by atoms with Crippen molar-refractivity contribution in [1.82, 2.24) is 9.62 Å². The maximum atomic E-state index is 13.0. The predicted octanol–water partition coefficient (Wildman–Crippen LogP) is 4.90. The van der Waals surface area contributed by atoms with Crippen LogP contribution in [0.25, 0.3) is 0 Å². The van der Waals surface area contributed by atoms with Crippen LogP contribution < -0.4 is 5.32 Å². The van der Waals surface area contributed by atoms with E-state index in [2.05, 4.69) is 23.5 Å². The van der Waals surface area contributed by atoms with Crippen molar-refractivity contribution < 1.29 is 13.2 Å². The van der Waals surface area contributed by atoms with Gasteiger partial charge in [0.05, 0.1) is 17.7 Å². The van der Waals surface area contributed by atoms with Crippen molar-refractivity contribution in [3.8, 4) is 0 Å². The third-order valence-electron chi connectivity index (χ3n) is 6.48. The van der Waals surface area contributed by atoms with Crippen LogP contribution in [-0.2, 0) is 33.4 Å². The van der Waals surface area contributed by atoms with Crippen molar-refractivity contribution in [3.05, 3.63) is 68.7 Å². The van der Waals surface area contributed by atoms with E-state index in [1.165, 1.54) is 21.9 Å². The van der Waals surface area contributed by atoms with Gasteiger partial charge < -0.3 is 5.32 Å². The number of carbonyl (C=O) groups is 1. The Bertz CT molecular complexity index is 1120. The van der Waals surface area contributed by atoms with Crippen LogP contribution >= 0.6 is 23.2 Å². The zero-order valence-corrected chi connectivity index (χ0v) is 20.4. The Kier molecular flexibility index (Phi) is 7.15. The van der Waals surface area contributed by atoms with E-state index >= 15 is 0 Å². The average Bonchev–Trinajstić information content (AvgIpc) is 3.23. The van der Waals surface area contributed by atoms with E-state index in [1.807, 2.05) is 6.92 Å². The van der Waals surface area contributed by atoms with E-state index in [4.69, 9.17) is 23.2 Å². The van der Waals surface area contributed by atoms with E-state index in [9.17, 15) is 13.2 Å². The minimum Gasteiger partial charge on any atom is -0.349 e. The SMILES string of the molecule is C[C@@H](NC(=O)[C@@H]1CCCN(S(=O)(=O)Cc2ccc(Cl)cc2Cl)C1)c1ccc2c(c1)CCC2. The molecule has 1 heterocycles. The molecule has 172 valence electrons. The smallest absolute Gasteiger partial charge is 0.224 e. The normalized spacial score (nSPS) is 20.0. The van der Waals surface area contributed by atoms with Gasteiger partial charge >= 0.3 is 0 Å². The Labute approximate surface area is 200 Å². The minimum atomic E-state index is -3.60. The van der Waals surface area contributed by atoms with Crippen LogP contribution in [0.2, 0.25) is 10.0 Å². The lowest BCUT2D eigenvalue weighted by molar-refractivity contribution is -0.126. The number of nitrogens with one attached hydrogen (secondary N) is 1. The zero-order valence-electron chi connectivity index (χ0n) is 18.1. The number of sulfonamides is 1. The molecule has 0 radical (unpaired) electrons. The zero-order chi connectivity index (χ0) is 22.9. The number of halogens is 2. The standard InChI is InChI=1S/C24H28Cl2N2O3S/c1-16(18-8-7-17-4-2-5-19(17)12-18)27-24(29)20-6-3-11-28(14-20)32(30,31)15-21-9-10-22(25)13-23(21)26/h7-10,12-13,16,20H,2-6,11,14-15H2,1H3,(H,27,29)/t16-,20-/m1/s1. The molecule has 1 saturated heterocycles. The monoisotopic (exact) mass is 494 g/mol. The maximum Gasteiger partial charge on any atom is 0.224 e. The molecule has 4 rings (SSSR count).